The molecule has 0 spiro atoms. The van der Waals surface area contributed by atoms with Crippen molar-refractivity contribution in [2.75, 3.05) is 37.8 Å². The van der Waals surface area contributed by atoms with Crippen molar-refractivity contribution in [2.45, 2.75) is 13.8 Å². The maximum atomic E-state index is 11.7. The summed E-state index contributed by atoms with van der Waals surface area (Å²) in [5, 5.41) is 2.94. The van der Waals surface area contributed by atoms with Gasteiger partial charge >= 0.3 is 5.97 Å². The van der Waals surface area contributed by atoms with Gasteiger partial charge in [-0.15, -0.1) is 0 Å². The molecule has 1 aromatic carbocycles. The van der Waals surface area contributed by atoms with E-state index in [1.54, 1.807) is 37.1 Å². The molecular formula is C14H21N3O3. The van der Waals surface area contributed by atoms with Gasteiger partial charge in [0.15, 0.2) is 0 Å². The Labute approximate surface area is 118 Å². The molecule has 110 valence electrons. The third-order valence-electron chi connectivity index (χ3n) is 2.89. The molecule has 20 heavy (non-hydrogen) atoms. The molecule has 0 aliphatic heterocycles. The maximum absolute atomic E-state index is 11.7. The molecule has 0 aliphatic carbocycles. The number of anilines is 2. The maximum Gasteiger partial charge on any atom is 0.338 e. The third kappa shape index (κ3) is 4.15. The van der Waals surface area contributed by atoms with E-state index in [0.29, 0.717) is 30.1 Å². The number of benzene rings is 1. The molecule has 1 rings (SSSR count). The lowest BCUT2D eigenvalue weighted by Gasteiger charge is -2.16. The molecule has 6 heteroatoms. The predicted molar refractivity (Wildman–Crippen MR) is 78.6 cm³/mol. The predicted octanol–water partition coefficient (Wildman–Crippen LogP) is 1.34. The molecule has 0 saturated carbocycles. The second-order valence-electron chi connectivity index (χ2n) is 4.28. The van der Waals surface area contributed by atoms with Crippen LogP contribution in [0.25, 0.3) is 0 Å². The quantitative estimate of drug-likeness (QED) is 0.606. The van der Waals surface area contributed by atoms with Gasteiger partial charge in [-0.05, 0) is 32.0 Å². The lowest BCUT2D eigenvalue weighted by atomic mass is 10.1. The molecule has 0 saturated heterocycles. The number of likely N-dealkylation sites (N-methyl/N-ethyl adjacent to an activating group) is 1. The number of nitrogen functional groups attached to an aromatic ring is 1. The van der Waals surface area contributed by atoms with Crippen LogP contribution in [0.3, 0.4) is 0 Å². The van der Waals surface area contributed by atoms with Crippen LogP contribution in [-0.2, 0) is 9.53 Å². The molecule has 0 fully saturated rings. The van der Waals surface area contributed by atoms with Crippen molar-refractivity contribution in [2.24, 2.45) is 0 Å². The fraction of sp³-hybridized carbons (Fsp3) is 0.429. The molecule has 1 aromatic rings. The largest absolute Gasteiger partial charge is 0.462 e. The minimum absolute atomic E-state index is 0.0477. The number of hydrogen-bond donors (Lipinski definition) is 2. The smallest absolute Gasteiger partial charge is 0.338 e. The average Bonchev–Trinajstić information content (AvgIpc) is 2.45. The van der Waals surface area contributed by atoms with Gasteiger partial charge in [-0.3, -0.25) is 4.79 Å². The Hall–Kier alpha value is -2.24. The van der Waals surface area contributed by atoms with E-state index in [1.165, 1.54) is 0 Å². The molecule has 6 nitrogen and oxygen atoms in total. The summed E-state index contributed by atoms with van der Waals surface area (Å²) in [5.74, 6) is -0.457. The lowest BCUT2D eigenvalue weighted by molar-refractivity contribution is -0.127. The molecule has 1 amide bonds. The number of nitrogens with zero attached hydrogens (tertiary/aromatic N) is 1. The standard InChI is InChI=1S/C14H21N3O3/c1-4-17(3)13(18)9-16-12-8-10(6-7-11(12)15)14(19)20-5-2/h6-8,16H,4-5,9,15H2,1-3H3. The van der Waals surface area contributed by atoms with Crippen LogP contribution in [0.1, 0.15) is 24.2 Å². The van der Waals surface area contributed by atoms with E-state index in [0.717, 1.165) is 0 Å². The van der Waals surface area contributed by atoms with E-state index in [-0.39, 0.29) is 12.5 Å². The summed E-state index contributed by atoms with van der Waals surface area (Å²) in [6.45, 7) is 4.71. The van der Waals surface area contributed by atoms with Gasteiger partial charge in [-0.2, -0.15) is 0 Å². The normalized spacial score (nSPS) is 9.95. The minimum Gasteiger partial charge on any atom is -0.462 e. The molecule has 0 heterocycles. The molecule has 0 radical (unpaired) electrons. The van der Waals surface area contributed by atoms with Crippen LogP contribution >= 0.6 is 0 Å². The summed E-state index contributed by atoms with van der Waals surface area (Å²) in [7, 11) is 1.72. The number of ether oxygens (including phenoxy) is 1. The van der Waals surface area contributed by atoms with Crippen LogP contribution < -0.4 is 11.1 Å². The number of amides is 1. The number of hydrogen-bond acceptors (Lipinski definition) is 5. The average molecular weight is 279 g/mol. The number of carbonyl (C=O) groups excluding carboxylic acids is 2. The number of carbonyl (C=O) groups is 2. The summed E-state index contributed by atoms with van der Waals surface area (Å²) in [6, 6.07) is 4.80. The number of nitrogens with two attached hydrogens (primary N) is 1. The van der Waals surface area contributed by atoms with E-state index in [1.807, 2.05) is 6.92 Å². The zero-order valence-corrected chi connectivity index (χ0v) is 12.1. The van der Waals surface area contributed by atoms with Crippen molar-refractivity contribution in [3.05, 3.63) is 23.8 Å². The highest BCUT2D eigenvalue weighted by Crippen LogP contribution is 2.20. The van der Waals surface area contributed by atoms with Crippen molar-refractivity contribution in [3.63, 3.8) is 0 Å². The SMILES string of the molecule is CCOC(=O)c1ccc(N)c(NCC(=O)N(C)CC)c1. The van der Waals surface area contributed by atoms with E-state index in [4.69, 9.17) is 10.5 Å². The molecule has 0 unspecified atom stereocenters. The van der Waals surface area contributed by atoms with Gasteiger partial charge in [0, 0.05) is 13.6 Å². The van der Waals surface area contributed by atoms with Gasteiger partial charge in [-0.1, -0.05) is 0 Å². The molecular weight excluding hydrogens is 258 g/mol. The zero-order valence-electron chi connectivity index (χ0n) is 12.1. The van der Waals surface area contributed by atoms with Crippen molar-refractivity contribution in [3.8, 4) is 0 Å². The zero-order chi connectivity index (χ0) is 15.1. The van der Waals surface area contributed by atoms with Crippen LogP contribution in [0.15, 0.2) is 18.2 Å². The van der Waals surface area contributed by atoms with Gasteiger partial charge < -0.3 is 20.7 Å². The Kier molecular flexibility index (Phi) is 5.83. The van der Waals surface area contributed by atoms with Crippen LogP contribution in [0, 0.1) is 0 Å². The van der Waals surface area contributed by atoms with Crippen LogP contribution in [0.4, 0.5) is 11.4 Å². The van der Waals surface area contributed by atoms with Crippen molar-refractivity contribution in [1.29, 1.82) is 0 Å². The Morgan fingerprint density at radius 3 is 2.65 bits per heavy atom. The first kappa shape index (κ1) is 15.8. The highest BCUT2D eigenvalue weighted by Gasteiger charge is 2.11. The van der Waals surface area contributed by atoms with Gasteiger partial charge in [-0.25, -0.2) is 4.79 Å². The monoisotopic (exact) mass is 279 g/mol. The van der Waals surface area contributed by atoms with E-state index in [9.17, 15) is 9.59 Å². The van der Waals surface area contributed by atoms with Crippen LogP contribution in [0.2, 0.25) is 0 Å². The Morgan fingerprint density at radius 1 is 1.35 bits per heavy atom. The highest BCUT2D eigenvalue weighted by molar-refractivity contribution is 5.92. The molecule has 0 atom stereocenters. The molecule has 0 bridgehead atoms. The van der Waals surface area contributed by atoms with Gasteiger partial charge in [0.25, 0.3) is 0 Å². The fourth-order valence-electron chi connectivity index (χ4n) is 1.53. The number of nitrogens with one attached hydrogen (secondary N) is 1. The van der Waals surface area contributed by atoms with Crippen molar-refractivity contribution >= 4 is 23.3 Å². The minimum atomic E-state index is -0.410. The van der Waals surface area contributed by atoms with E-state index in [2.05, 4.69) is 5.32 Å². The third-order valence-corrected chi connectivity index (χ3v) is 2.89. The Balaban J connectivity index is 2.77. The molecule has 0 aliphatic rings. The topological polar surface area (TPSA) is 84.7 Å². The van der Waals surface area contributed by atoms with Gasteiger partial charge in [0.05, 0.1) is 30.1 Å². The van der Waals surface area contributed by atoms with Crippen LogP contribution in [-0.4, -0.2) is 43.5 Å². The molecule has 0 aromatic heterocycles. The summed E-state index contributed by atoms with van der Waals surface area (Å²) < 4.78 is 4.92. The summed E-state index contributed by atoms with van der Waals surface area (Å²) in [5.41, 5.74) is 7.25. The fourth-order valence-corrected chi connectivity index (χ4v) is 1.53. The summed E-state index contributed by atoms with van der Waals surface area (Å²) in [6.07, 6.45) is 0. The second kappa shape index (κ2) is 7.37. The van der Waals surface area contributed by atoms with Gasteiger partial charge in [0.1, 0.15) is 0 Å². The first-order valence-corrected chi connectivity index (χ1v) is 6.54. The van der Waals surface area contributed by atoms with Crippen molar-refractivity contribution < 1.29 is 14.3 Å². The van der Waals surface area contributed by atoms with Gasteiger partial charge in [0.2, 0.25) is 5.91 Å². The van der Waals surface area contributed by atoms with Crippen molar-refractivity contribution in [1.82, 2.24) is 4.90 Å². The number of esters is 1. The Morgan fingerprint density at radius 2 is 2.05 bits per heavy atom. The van der Waals surface area contributed by atoms with E-state index >= 15 is 0 Å². The molecule has 3 N–H and O–H groups in total. The summed E-state index contributed by atoms with van der Waals surface area (Å²) >= 11 is 0. The first-order chi connectivity index (χ1) is 9.49. The lowest BCUT2D eigenvalue weighted by Crippen LogP contribution is -2.32. The number of rotatable bonds is 6. The van der Waals surface area contributed by atoms with Crippen LogP contribution in [0.5, 0.6) is 0 Å². The van der Waals surface area contributed by atoms with E-state index < -0.39 is 5.97 Å². The highest BCUT2D eigenvalue weighted by atomic mass is 16.5. The summed E-state index contributed by atoms with van der Waals surface area (Å²) in [4.78, 5) is 24.9. The second-order valence-corrected chi connectivity index (χ2v) is 4.28. The Bertz CT molecular complexity index is 489. The first-order valence-electron chi connectivity index (χ1n) is 6.54.